The van der Waals surface area contributed by atoms with E-state index < -0.39 is 21.2 Å². The maximum Gasteiger partial charge on any atom is 0.335 e. The van der Waals surface area contributed by atoms with Crippen LogP contribution < -0.4 is 9.46 Å². The molecule has 29 heavy (non-hydrogen) atoms. The lowest BCUT2D eigenvalue weighted by atomic mass is 10.1. The van der Waals surface area contributed by atoms with Crippen molar-refractivity contribution in [2.75, 3.05) is 4.72 Å². The van der Waals surface area contributed by atoms with Gasteiger partial charge in [-0.3, -0.25) is 4.72 Å². The Bertz CT molecular complexity index is 981. The van der Waals surface area contributed by atoms with E-state index in [2.05, 4.69) is 11.3 Å². The van der Waals surface area contributed by atoms with E-state index >= 15 is 0 Å². The summed E-state index contributed by atoms with van der Waals surface area (Å²) >= 11 is 0. The van der Waals surface area contributed by atoms with Crippen molar-refractivity contribution in [3.8, 4) is 5.75 Å². The van der Waals surface area contributed by atoms with Gasteiger partial charge in [0.1, 0.15) is 12.4 Å². The highest BCUT2D eigenvalue weighted by atomic mass is 32.2. The first-order valence-corrected chi connectivity index (χ1v) is 10.9. The minimum absolute atomic E-state index is 0.182. The summed E-state index contributed by atoms with van der Waals surface area (Å²) in [4.78, 5) is 11.0. The average molecular weight is 418 g/mol. The molecule has 0 aromatic heterocycles. The number of benzene rings is 2. The van der Waals surface area contributed by atoms with Crippen molar-refractivity contribution in [1.29, 1.82) is 0 Å². The van der Waals surface area contributed by atoms with Gasteiger partial charge in [0, 0.05) is 0 Å². The number of rotatable bonds is 10. The van der Waals surface area contributed by atoms with Crippen molar-refractivity contribution < 1.29 is 23.1 Å². The van der Waals surface area contributed by atoms with Crippen LogP contribution in [0.5, 0.6) is 5.75 Å². The van der Waals surface area contributed by atoms with Gasteiger partial charge in [0.25, 0.3) is 0 Å². The highest BCUT2D eigenvalue weighted by Crippen LogP contribution is 2.29. The second kappa shape index (κ2) is 9.60. The van der Waals surface area contributed by atoms with Crippen LogP contribution in [0.4, 0.5) is 5.69 Å². The summed E-state index contributed by atoms with van der Waals surface area (Å²) in [5.74, 6) is -0.575. The lowest BCUT2D eigenvalue weighted by Gasteiger charge is -2.19. The molecule has 2 aromatic rings. The van der Waals surface area contributed by atoms with Crippen LogP contribution in [0.2, 0.25) is 0 Å². The molecule has 6 nitrogen and oxygen atoms in total. The summed E-state index contributed by atoms with van der Waals surface area (Å²) in [7, 11) is -3.61. The third-order valence-electron chi connectivity index (χ3n) is 4.45. The highest BCUT2D eigenvalue weighted by molar-refractivity contribution is 7.93. The summed E-state index contributed by atoms with van der Waals surface area (Å²) in [5.41, 5.74) is 3.09. The van der Waals surface area contributed by atoms with Crippen LogP contribution in [0.25, 0.3) is 0 Å². The van der Waals surface area contributed by atoms with E-state index in [1.807, 2.05) is 26.8 Å². The average Bonchev–Trinajstić information content (AvgIpc) is 2.66. The van der Waals surface area contributed by atoms with E-state index in [0.717, 1.165) is 16.7 Å². The Morgan fingerprint density at radius 2 is 1.86 bits per heavy atom. The second-order valence-corrected chi connectivity index (χ2v) is 9.09. The van der Waals surface area contributed by atoms with E-state index in [9.17, 15) is 13.2 Å². The van der Waals surface area contributed by atoms with Crippen LogP contribution in [-0.2, 0) is 16.6 Å². The van der Waals surface area contributed by atoms with Gasteiger partial charge in [-0.25, -0.2) is 13.2 Å². The topological polar surface area (TPSA) is 92.7 Å². The molecular formula is C22H27NO5S. The number of hydrogen-bond acceptors (Lipinski definition) is 4. The standard InChI is InChI=1S/C22H27NO5S/c1-5-19(12-15(2)3)29(26,27)23-20-11-6-16(4)13-21(20)28-14-17-7-9-18(10-8-17)22(24)25/h6-11,13,19,23H,2,5,12,14H2,1,3-4H3,(H,24,25). The van der Waals surface area contributed by atoms with Crippen LogP contribution >= 0.6 is 0 Å². The van der Waals surface area contributed by atoms with E-state index in [-0.39, 0.29) is 12.2 Å². The molecule has 156 valence electrons. The minimum Gasteiger partial charge on any atom is -0.487 e. The van der Waals surface area contributed by atoms with Crippen molar-refractivity contribution >= 4 is 21.7 Å². The molecule has 0 aliphatic carbocycles. The normalized spacial score (nSPS) is 12.2. The molecular weight excluding hydrogens is 390 g/mol. The van der Waals surface area contributed by atoms with E-state index in [4.69, 9.17) is 9.84 Å². The molecule has 0 saturated carbocycles. The molecule has 0 aliphatic rings. The Balaban J connectivity index is 2.20. The molecule has 1 unspecified atom stereocenters. The monoisotopic (exact) mass is 417 g/mol. The molecule has 0 bridgehead atoms. The fourth-order valence-electron chi connectivity index (χ4n) is 2.84. The zero-order chi connectivity index (χ0) is 21.6. The molecule has 7 heteroatoms. The zero-order valence-corrected chi connectivity index (χ0v) is 17.8. The molecule has 0 amide bonds. The predicted molar refractivity (Wildman–Crippen MR) is 115 cm³/mol. The Morgan fingerprint density at radius 1 is 1.21 bits per heavy atom. The smallest absolute Gasteiger partial charge is 0.335 e. The summed E-state index contributed by atoms with van der Waals surface area (Å²) in [6.07, 6.45) is 0.865. The number of sulfonamides is 1. The number of allylic oxidation sites excluding steroid dienone is 1. The summed E-state index contributed by atoms with van der Waals surface area (Å²) in [5, 5.41) is 8.40. The lowest BCUT2D eigenvalue weighted by molar-refractivity contribution is 0.0697. The van der Waals surface area contributed by atoms with Crippen LogP contribution in [0.3, 0.4) is 0 Å². The molecule has 1 atom stereocenters. The number of carbonyl (C=O) groups is 1. The number of hydrogen-bond donors (Lipinski definition) is 2. The predicted octanol–water partition coefficient (Wildman–Crippen LogP) is 4.76. The number of aryl methyl sites for hydroxylation is 1. The maximum atomic E-state index is 12.8. The van der Waals surface area contributed by atoms with E-state index in [0.29, 0.717) is 24.3 Å². The van der Waals surface area contributed by atoms with Gasteiger partial charge < -0.3 is 9.84 Å². The van der Waals surface area contributed by atoms with Gasteiger partial charge in [0.2, 0.25) is 10.0 Å². The van der Waals surface area contributed by atoms with Gasteiger partial charge in [-0.15, -0.1) is 6.58 Å². The summed E-state index contributed by atoms with van der Waals surface area (Å²) in [6, 6.07) is 11.6. The number of ether oxygens (including phenoxy) is 1. The first kappa shape index (κ1) is 22.5. The van der Waals surface area contributed by atoms with Gasteiger partial charge in [-0.05, 0) is 62.1 Å². The molecule has 0 fully saturated rings. The lowest BCUT2D eigenvalue weighted by Crippen LogP contribution is -2.27. The van der Waals surface area contributed by atoms with Crippen molar-refractivity contribution in [2.45, 2.75) is 45.5 Å². The van der Waals surface area contributed by atoms with E-state index in [1.54, 1.807) is 24.3 Å². The van der Waals surface area contributed by atoms with Gasteiger partial charge >= 0.3 is 5.97 Å². The fourth-order valence-corrected chi connectivity index (χ4v) is 4.42. The molecule has 0 aliphatic heterocycles. The van der Waals surface area contributed by atoms with Gasteiger partial charge in [-0.2, -0.15) is 0 Å². The Hall–Kier alpha value is -2.80. The maximum absolute atomic E-state index is 12.8. The molecule has 2 rings (SSSR count). The van der Waals surface area contributed by atoms with Crippen LogP contribution in [0.1, 0.15) is 48.2 Å². The number of carboxylic acid groups (broad SMARTS) is 1. The van der Waals surface area contributed by atoms with Crippen molar-refractivity contribution in [2.24, 2.45) is 0 Å². The highest BCUT2D eigenvalue weighted by Gasteiger charge is 2.25. The number of aromatic carboxylic acids is 1. The minimum atomic E-state index is -3.61. The Morgan fingerprint density at radius 3 is 2.41 bits per heavy atom. The number of carboxylic acids is 1. The van der Waals surface area contributed by atoms with Gasteiger partial charge in [0.05, 0.1) is 16.5 Å². The molecule has 2 N–H and O–H groups in total. The summed E-state index contributed by atoms with van der Waals surface area (Å²) in [6.45, 7) is 9.54. The number of nitrogens with one attached hydrogen (secondary N) is 1. The van der Waals surface area contributed by atoms with Crippen molar-refractivity contribution in [1.82, 2.24) is 0 Å². The first-order valence-electron chi connectivity index (χ1n) is 9.34. The third-order valence-corrected chi connectivity index (χ3v) is 6.34. The fraction of sp³-hybridized carbons (Fsp3) is 0.318. The first-order chi connectivity index (χ1) is 13.6. The van der Waals surface area contributed by atoms with Crippen LogP contribution in [-0.4, -0.2) is 24.7 Å². The van der Waals surface area contributed by atoms with Crippen molar-refractivity contribution in [3.63, 3.8) is 0 Å². The molecule has 0 spiro atoms. The summed E-state index contributed by atoms with van der Waals surface area (Å²) < 4.78 is 34.1. The third kappa shape index (κ3) is 6.35. The largest absolute Gasteiger partial charge is 0.487 e. The Labute approximate surface area is 172 Å². The van der Waals surface area contributed by atoms with Gasteiger partial charge in [-0.1, -0.05) is 30.7 Å². The quantitative estimate of drug-likeness (QED) is 0.544. The van der Waals surface area contributed by atoms with Gasteiger partial charge in [0.15, 0.2) is 0 Å². The zero-order valence-electron chi connectivity index (χ0n) is 16.9. The van der Waals surface area contributed by atoms with Crippen molar-refractivity contribution in [3.05, 3.63) is 71.3 Å². The molecule has 0 radical (unpaired) electrons. The van der Waals surface area contributed by atoms with Crippen LogP contribution in [0.15, 0.2) is 54.6 Å². The molecule has 2 aromatic carbocycles. The number of anilines is 1. The molecule has 0 saturated heterocycles. The van der Waals surface area contributed by atoms with E-state index in [1.165, 1.54) is 12.1 Å². The second-order valence-electron chi connectivity index (χ2n) is 7.13. The SMILES string of the molecule is C=C(C)CC(CC)S(=O)(=O)Nc1ccc(C)cc1OCc1ccc(C(=O)O)cc1. The van der Waals surface area contributed by atoms with Crippen LogP contribution in [0, 0.1) is 6.92 Å². The molecule has 0 heterocycles. The Kier molecular flexibility index (Phi) is 7.45.